The van der Waals surface area contributed by atoms with E-state index in [4.69, 9.17) is 11.6 Å². The smallest absolute Gasteiger partial charge is 0.308 e. The lowest BCUT2D eigenvalue weighted by Crippen LogP contribution is -2.20. The van der Waals surface area contributed by atoms with Crippen LogP contribution in [0.25, 0.3) is 11.3 Å². The van der Waals surface area contributed by atoms with Gasteiger partial charge in [-0.2, -0.15) is 0 Å². The van der Waals surface area contributed by atoms with Crippen LogP contribution in [-0.2, 0) is 0 Å². The monoisotopic (exact) mass is 325 g/mol. The summed E-state index contributed by atoms with van der Waals surface area (Å²) in [5.74, 6) is 0.205. The van der Waals surface area contributed by atoms with Crippen molar-refractivity contribution in [3.05, 3.63) is 66.1 Å². The molecule has 0 radical (unpaired) electrons. The Morgan fingerprint density at radius 3 is 2.30 bits per heavy atom. The molecule has 2 amide bonds. The fourth-order valence-corrected chi connectivity index (χ4v) is 1.98. The van der Waals surface area contributed by atoms with Gasteiger partial charge in [-0.25, -0.2) is 14.8 Å². The van der Waals surface area contributed by atoms with Crippen LogP contribution in [0.15, 0.2) is 61.1 Å². The van der Waals surface area contributed by atoms with Gasteiger partial charge in [-0.05, 0) is 36.4 Å². The largest absolute Gasteiger partial charge is 0.326 e. The number of anilines is 2. The van der Waals surface area contributed by atoms with Crippen molar-refractivity contribution in [1.82, 2.24) is 15.0 Å². The minimum Gasteiger partial charge on any atom is -0.308 e. The maximum atomic E-state index is 11.9. The van der Waals surface area contributed by atoms with E-state index in [0.717, 1.165) is 11.3 Å². The molecular formula is C16H12ClN5O. The van der Waals surface area contributed by atoms with Crippen molar-refractivity contribution in [2.75, 3.05) is 10.6 Å². The van der Waals surface area contributed by atoms with Gasteiger partial charge in [-0.1, -0.05) is 17.7 Å². The SMILES string of the molecule is O=C(Nc1ccc(Cl)cc1)Nc1ncc(-c2ccccn2)cn1. The third kappa shape index (κ3) is 4.02. The molecule has 0 fully saturated rings. The molecule has 7 heteroatoms. The van der Waals surface area contributed by atoms with E-state index in [1.165, 1.54) is 0 Å². The van der Waals surface area contributed by atoms with Gasteiger partial charge in [0.2, 0.25) is 5.95 Å². The minimum atomic E-state index is -0.432. The number of pyridine rings is 1. The number of hydrogen-bond donors (Lipinski definition) is 2. The zero-order valence-electron chi connectivity index (χ0n) is 11.9. The molecule has 6 nitrogen and oxygen atoms in total. The zero-order chi connectivity index (χ0) is 16.1. The topological polar surface area (TPSA) is 79.8 Å². The van der Waals surface area contributed by atoms with Crippen molar-refractivity contribution in [2.45, 2.75) is 0 Å². The van der Waals surface area contributed by atoms with Gasteiger partial charge < -0.3 is 5.32 Å². The number of carbonyl (C=O) groups excluding carboxylic acids is 1. The molecule has 0 aliphatic heterocycles. The lowest BCUT2D eigenvalue weighted by molar-refractivity contribution is 0.262. The summed E-state index contributed by atoms with van der Waals surface area (Å²) in [6.45, 7) is 0. The molecular weight excluding hydrogens is 314 g/mol. The standard InChI is InChI=1S/C16H12ClN5O/c17-12-4-6-13(7-5-12)21-16(23)22-15-19-9-11(10-20-15)14-3-1-2-8-18-14/h1-10H,(H2,19,20,21,22,23). The molecule has 114 valence electrons. The van der Waals surface area contributed by atoms with E-state index in [0.29, 0.717) is 10.7 Å². The number of aromatic nitrogens is 3. The quantitative estimate of drug-likeness (QED) is 0.766. The van der Waals surface area contributed by atoms with Crippen molar-refractivity contribution < 1.29 is 4.79 Å². The average molecular weight is 326 g/mol. The molecule has 0 bridgehead atoms. The highest BCUT2D eigenvalue weighted by Crippen LogP contribution is 2.15. The summed E-state index contributed by atoms with van der Waals surface area (Å²) < 4.78 is 0. The second-order valence-corrected chi connectivity index (χ2v) is 5.03. The fraction of sp³-hybridized carbons (Fsp3) is 0. The van der Waals surface area contributed by atoms with Crippen LogP contribution >= 0.6 is 11.6 Å². The summed E-state index contributed by atoms with van der Waals surface area (Å²) in [6.07, 6.45) is 4.90. The number of halogens is 1. The number of nitrogens with one attached hydrogen (secondary N) is 2. The van der Waals surface area contributed by atoms with Crippen LogP contribution in [0.4, 0.5) is 16.4 Å². The predicted molar refractivity (Wildman–Crippen MR) is 89.4 cm³/mol. The first kappa shape index (κ1) is 14.9. The highest BCUT2D eigenvalue weighted by atomic mass is 35.5. The second kappa shape index (κ2) is 6.85. The van der Waals surface area contributed by atoms with Gasteiger partial charge in [-0.3, -0.25) is 10.3 Å². The molecule has 0 atom stereocenters. The van der Waals surface area contributed by atoms with E-state index in [1.54, 1.807) is 42.9 Å². The Balaban J connectivity index is 1.64. The molecule has 0 aliphatic rings. The first-order chi connectivity index (χ1) is 11.2. The maximum absolute atomic E-state index is 11.9. The van der Waals surface area contributed by atoms with Gasteiger partial charge >= 0.3 is 6.03 Å². The second-order valence-electron chi connectivity index (χ2n) is 4.60. The normalized spacial score (nSPS) is 10.1. The Morgan fingerprint density at radius 2 is 1.65 bits per heavy atom. The van der Waals surface area contributed by atoms with E-state index < -0.39 is 6.03 Å². The number of amides is 2. The Morgan fingerprint density at radius 1 is 0.913 bits per heavy atom. The molecule has 2 aromatic heterocycles. The van der Waals surface area contributed by atoms with Crippen LogP contribution in [0.1, 0.15) is 0 Å². The fourth-order valence-electron chi connectivity index (χ4n) is 1.86. The summed E-state index contributed by atoms with van der Waals surface area (Å²) in [5.41, 5.74) is 2.16. The van der Waals surface area contributed by atoms with Crippen LogP contribution in [-0.4, -0.2) is 21.0 Å². The number of nitrogens with zero attached hydrogens (tertiary/aromatic N) is 3. The van der Waals surface area contributed by atoms with Crippen LogP contribution < -0.4 is 10.6 Å². The Kier molecular flexibility index (Phi) is 4.44. The van der Waals surface area contributed by atoms with Crippen LogP contribution in [0, 0.1) is 0 Å². The van der Waals surface area contributed by atoms with Gasteiger partial charge in [0, 0.05) is 34.9 Å². The Hall–Kier alpha value is -2.99. The van der Waals surface area contributed by atoms with Crippen molar-refractivity contribution in [3.8, 4) is 11.3 Å². The van der Waals surface area contributed by atoms with E-state index in [9.17, 15) is 4.79 Å². The van der Waals surface area contributed by atoms with E-state index in [1.807, 2.05) is 18.2 Å². The summed E-state index contributed by atoms with van der Waals surface area (Å²) in [7, 11) is 0. The van der Waals surface area contributed by atoms with Crippen LogP contribution in [0.3, 0.4) is 0 Å². The van der Waals surface area contributed by atoms with Gasteiger partial charge in [0.15, 0.2) is 0 Å². The van der Waals surface area contributed by atoms with Crippen molar-refractivity contribution in [1.29, 1.82) is 0 Å². The summed E-state index contributed by atoms with van der Waals surface area (Å²) in [4.78, 5) is 24.3. The molecule has 0 saturated carbocycles. The summed E-state index contributed by atoms with van der Waals surface area (Å²) >= 11 is 5.79. The van der Waals surface area contributed by atoms with Crippen molar-refractivity contribution in [3.63, 3.8) is 0 Å². The van der Waals surface area contributed by atoms with E-state index >= 15 is 0 Å². The average Bonchev–Trinajstić information content (AvgIpc) is 2.58. The summed E-state index contributed by atoms with van der Waals surface area (Å²) in [6, 6.07) is 11.9. The molecule has 23 heavy (non-hydrogen) atoms. The molecule has 0 aliphatic carbocycles. The molecule has 0 unspecified atom stereocenters. The van der Waals surface area contributed by atoms with Crippen LogP contribution in [0.5, 0.6) is 0 Å². The lowest BCUT2D eigenvalue weighted by atomic mass is 10.2. The summed E-state index contributed by atoms with van der Waals surface area (Å²) in [5, 5.41) is 5.82. The predicted octanol–water partition coefficient (Wildman–Crippen LogP) is 3.84. The molecule has 2 N–H and O–H groups in total. The first-order valence-corrected chi connectivity index (χ1v) is 7.15. The number of hydrogen-bond acceptors (Lipinski definition) is 4. The number of benzene rings is 1. The number of urea groups is 1. The highest BCUT2D eigenvalue weighted by molar-refractivity contribution is 6.30. The molecule has 3 rings (SSSR count). The lowest BCUT2D eigenvalue weighted by Gasteiger charge is -2.07. The number of carbonyl (C=O) groups is 1. The highest BCUT2D eigenvalue weighted by Gasteiger charge is 2.06. The Labute approximate surface area is 137 Å². The first-order valence-electron chi connectivity index (χ1n) is 6.78. The zero-order valence-corrected chi connectivity index (χ0v) is 12.7. The van der Waals surface area contributed by atoms with Crippen molar-refractivity contribution >= 4 is 29.3 Å². The molecule has 1 aromatic carbocycles. The number of rotatable bonds is 3. The van der Waals surface area contributed by atoms with Gasteiger partial charge in [0.05, 0.1) is 5.69 Å². The van der Waals surface area contributed by atoms with Crippen LogP contribution in [0.2, 0.25) is 5.02 Å². The van der Waals surface area contributed by atoms with Gasteiger partial charge in [-0.15, -0.1) is 0 Å². The molecule has 2 heterocycles. The van der Waals surface area contributed by atoms with Crippen molar-refractivity contribution in [2.24, 2.45) is 0 Å². The molecule has 0 saturated heterocycles. The molecule has 3 aromatic rings. The maximum Gasteiger partial charge on any atom is 0.326 e. The van der Waals surface area contributed by atoms with E-state index in [-0.39, 0.29) is 5.95 Å². The van der Waals surface area contributed by atoms with Gasteiger partial charge in [0.1, 0.15) is 0 Å². The third-order valence-corrected chi connectivity index (χ3v) is 3.19. The third-order valence-electron chi connectivity index (χ3n) is 2.94. The Bertz CT molecular complexity index is 791. The minimum absolute atomic E-state index is 0.205. The van der Waals surface area contributed by atoms with E-state index in [2.05, 4.69) is 25.6 Å². The molecule has 0 spiro atoms. The van der Waals surface area contributed by atoms with Gasteiger partial charge in [0.25, 0.3) is 0 Å².